The highest BCUT2D eigenvalue weighted by atomic mass is 32.1. The van der Waals surface area contributed by atoms with E-state index in [1.807, 2.05) is 6.92 Å². The number of ketones is 1. The highest BCUT2D eigenvalue weighted by molar-refractivity contribution is 7.11. The number of aliphatic imine (C=N–C) groups is 1. The fourth-order valence-electron chi connectivity index (χ4n) is 3.11. The van der Waals surface area contributed by atoms with Gasteiger partial charge in [-0.15, -0.1) is 11.3 Å². The van der Waals surface area contributed by atoms with Gasteiger partial charge in [0, 0.05) is 18.1 Å². The van der Waals surface area contributed by atoms with E-state index in [9.17, 15) is 19.2 Å². The molecule has 1 heterocycles. The number of alkyl carbamates (subject to hydrolysis) is 1. The quantitative estimate of drug-likeness (QED) is 0.0456. The molecule has 1 unspecified atom stereocenters. The molecule has 0 bridgehead atoms. The minimum absolute atomic E-state index is 0.0727. The molecule has 0 saturated heterocycles. The lowest BCUT2D eigenvalue weighted by Crippen LogP contribution is -2.62. The van der Waals surface area contributed by atoms with Crippen LogP contribution in [-0.4, -0.2) is 78.1 Å². The molecule has 3 amide bonds. The van der Waals surface area contributed by atoms with Crippen LogP contribution in [0.15, 0.2) is 16.6 Å². The summed E-state index contributed by atoms with van der Waals surface area (Å²) in [6.45, 7) is 7.41. The zero-order valence-corrected chi connectivity index (χ0v) is 23.2. The van der Waals surface area contributed by atoms with Crippen molar-refractivity contribution in [3.05, 3.63) is 16.6 Å². The van der Waals surface area contributed by atoms with Crippen LogP contribution in [-0.2, 0) is 14.3 Å². The Morgan fingerprint density at radius 3 is 2.45 bits per heavy atom. The van der Waals surface area contributed by atoms with Crippen LogP contribution in [0.1, 0.15) is 63.2 Å². The third kappa shape index (κ3) is 13.3. The maximum absolute atomic E-state index is 12.9. The molecule has 0 spiro atoms. The summed E-state index contributed by atoms with van der Waals surface area (Å²) < 4.78 is 5.24. The van der Waals surface area contributed by atoms with E-state index in [2.05, 4.69) is 31.2 Å². The number of hydrogen-bond acceptors (Lipinski definition) is 10. The average molecular weight is 556 g/mol. The first-order valence-electron chi connectivity index (χ1n) is 12.4. The number of ether oxygens (including phenoxy) is 1. The van der Waals surface area contributed by atoms with Crippen molar-refractivity contribution in [1.29, 1.82) is 0 Å². The lowest BCUT2D eigenvalue weighted by molar-refractivity contribution is -0.128. The topological polar surface area (TPSA) is 229 Å². The highest BCUT2D eigenvalue weighted by Gasteiger charge is 2.30. The first-order valence-corrected chi connectivity index (χ1v) is 13.3. The lowest BCUT2D eigenvalue weighted by atomic mass is 10.1. The van der Waals surface area contributed by atoms with Crippen LogP contribution in [0.4, 0.5) is 4.79 Å². The lowest BCUT2D eigenvalue weighted by Gasteiger charge is -2.27. The Morgan fingerprint density at radius 2 is 1.87 bits per heavy atom. The molecule has 0 aliphatic carbocycles. The zero-order valence-electron chi connectivity index (χ0n) is 22.4. The summed E-state index contributed by atoms with van der Waals surface area (Å²) >= 11 is 1.15. The molecule has 1 rings (SSSR count). The number of amides is 3. The summed E-state index contributed by atoms with van der Waals surface area (Å²) in [6, 6.07) is -2.12. The summed E-state index contributed by atoms with van der Waals surface area (Å²) in [7, 11) is 0. The van der Waals surface area contributed by atoms with Crippen molar-refractivity contribution in [3.63, 3.8) is 0 Å². The number of rotatable bonds is 16. The van der Waals surface area contributed by atoms with Crippen molar-refractivity contribution in [2.45, 2.75) is 77.2 Å². The summed E-state index contributed by atoms with van der Waals surface area (Å²) in [4.78, 5) is 58.6. The first-order chi connectivity index (χ1) is 17.8. The molecule has 10 N–H and O–H groups in total. The normalized spacial score (nSPS) is 13.5. The van der Waals surface area contributed by atoms with E-state index in [0.717, 1.165) is 24.2 Å². The predicted molar refractivity (Wildman–Crippen MR) is 145 cm³/mol. The molecule has 3 atom stereocenters. The molecule has 0 radical (unpaired) electrons. The van der Waals surface area contributed by atoms with Crippen molar-refractivity contribution in [2.24, 2.45) is 22.2 Å². The molecular weight excluding hydrogens is 514 g/mol. The molecule has 0 saturated carbocycles. The standard InChI is InChI=1S/C23H41N9O5S/c1-5-6-9-27-18(24)16(32-22(36)37-23(2,3)4)19(35)30-13-15(33)31-14(8-7-10-29-21(25)26)17(34)20-28-11-12-38-20/h11-12,14,16,18,27H,5-10,13,24H2,1-4H3,(H,30,35)(H,31,33)(H,32,36)(H4,25,26,29)/t14-,16+,18?/m0/s1. The van der Waals surface area contributed by atoms with E-state index in [-0.39, 0.29) is 29.7 Å². The van der Waals surface area contributed by atoms with Gasteiger partial charge in [-0.1, -0.05) is 13.3 Å². The van der Waals surface area contributed by atoms with Gasteiger partial charge in [-0.25, -0.2) is 9.78 Å². The molecule has 15 heteroatoms. The molecule has 38 heavy (non-hydrogen) atoms. The van der Waals surface area contributed by atoms with E-state index in [4.69, 9.17) is 21.9 Å². The molecule has 0 aromatic carbocycles. The third-order valence-electron chi connectivity index (χ3n) is 4.89. The fraction of sp³-hybridized carbons (Fsp3) is 0.652. The number of carbonyl (C=O) groups excluding carboxylic acids is 4. The van der Waals surface area contributed by atoms with Crippen molar-refractivity contribution < 1.29 is 23.9 Å². The minimum Gasteiger partial charge on any atom is -0.444 e. The Kier molecular flexibility index (Phi) is 14.2. The maximum atomic E-state index is 12.9. The molecular formula is C23H41N9O5S. The Balaban J connectivity index is 2.82. The Hall–Kier alpha value is -3.30. The second-order valence-corrected chi connectivity index (χ2v) is 10.3. The highest BCUT2D eigenvalue weighted by Crippen LogP contribution is 2.11. The molecule has 1 aromatic heterocycles. The van der Waals surface area contributed by atoms with Gasteiger partial charge in [-0.05, 0) is 46.6 Å². The number of nitrogens with one attached hydrogen (secondary N) is 4. The third-order valence-corrected chi connectivity index (χ3v) is 5.68. The number of thiazole rings is 1. The Bertz CT molecular complexity index is 930. The number of aromatic nitrogens is 1. The number of nitrogens with two attached hydrogens (primary N) is 3. The van der Waals surface area contributed by atoms with E-state index in [1.165, 1.54) is 6.20 Å². The van der Waals surface area contributed by atoms with Crippen molar-refractivity contribution >= 4 is 41.0 Å². The zero-order chi connectivity index (χ0) is 28.7. The van der Waals surface area contributed by atoms with Crippen molar-refractivity contribution in [1.82, 2.24) is 26.3 Å². The Labute approximate surface area is 226 Å². The van der Waals surface area contributed by atoms with Crippen LogP contribution in [0.25, 0.3) is 0 Å². The second-order valence-electron chi connectivity index (χ2n) is 9.45. The van der Waals surface area contributed by atoms with Gasteiger partial charge < -0.3 is 37.9 Å². The van der Waals surface area contributed by atoms with Crippen LogP contribution < -0.4 is 38.5 Å². The summed E-state index contributed by atoms with van der Waals surface area (Å²) in [6.07, 6.45) is 2.12. The van der Waals surface area contributed by atoms with Crippen LogP contribution in [0.2, 0.25) is 0 Å². The van der Waals surface area contributed by atoms with Gasteiger partial charge in [-0.3, -0.25) is 24.7 Å². The molecule has 0 aliphatic heterocycles. The van der Waals surface area contributed by atoms with Gasteiger partial charge in [0.2, 0.25) is 17.6 Å². The van der Waals surface area contributed by atoms with E-state index < -0.39 is 48.3 Å². The SMILES string of the molecule is CCCCNC(N)[C@@H](NC(=O)OC(C)(C)C)C(=O)NCC(=O)N[C@@H](CCCN=C(N)N)C(=O)c1nccs1. The van der Waals surface area contributed by atoms with Crippen LogP contribution >= 0.6 is 11.3 Å². The van der Waals surface area contributed by atoms with Gasteiger partial charge >= 0.3 is 6.09 Å². The largest absolute Gasteiger partial charge is 0.444 e. The number of hydrogen-bond donors (Lipinski definition) is 7. The monoisotopic (exact) mass is 555 g/mol. The van der Waals surface area contributed by atoms with Gasteiger partial charge in [0.1, 0.15) is 11.6 Å². The maximum Gasteiger partial charge on any atom is 0.408 e. The van der Waals surface area contributed by atoms with Crippen molar-refractivity contribution in [2.75, 3.05) is 19.6 Å². The van der Waals surface area contributed by atoms with E-state index in [1.54, 1.807) is 26.2 Å². The van der Waals surface area contributed by atoms with E-state index >= 15 is 0 Å². The average Bonchev–Trinajstić information content (AvgIpc) is 3.36. The number of nitrogens with zero attached hydrogens (tertiary/aromatic N) is 2. The number of guanidine groups is 1. The van der Waals surface area contributed by atoms with Gasteiger partial charge in [0.25, 0.3) is 0 Å². The predicted octanol–water partition coefficient (Wildman–Crippen LogP) is -0.452. The summed E-state index contributed by atoms with van der Waals surface area (Å²) in [5, 5.41) is 12.4. The summed E-state index contributed by atoms with van der Waals surface area (Å²) in [5.41, 5.74) is 16.0. The summed E-state index contributed by atoms with van der Waals surface area (Å²) in [5.74, 6) is -1.75. The minimum atomic E-state index is -1.22. The molecule has 0 fully saturated rings. The van der Waals surface area contributed by atoms with Crippen LogP contribution in [0.5, 0.6) is 0 Å². The fourth-order valence-corrected chi connectivity index (χ4v) is 3.74. The molecule has 0 aliphatic rings. The number of Topliss-reactive ketones (excluding diaryl/α,β-unsaturated/α-hetero) is 1. The van der Waals surface area contributed by atoms with Gasteiger partial charge in [0.15, 0.2) is 11.0 Å². The number of unbranched alkanes of at least 4 members (excludes halogenated alkanes) is 1. The Morgan fingerprint density at radius 1 is 1.16 bits per heavy atom. The molecule has 214 valence electrons. The second kappa shape index (κ2) is 16.5. The van der Waals surface area contributed by atoms with Crippen LogP contribution in [0.3, 0.4) is 0 Å². The first kappa shape index (κ1) is 32.7. The van der Waals surface area contributed by atoms with E-state index in [0.29, 0.717) is 13.0 Å². The smallest absolute Gasteiger partial charge is 0.408 e. The van der Waals surface area contributed by atoms with Gasteiger partial charge in [-0.2, -0.15) is 0 Å². The molecule has 14 nitrogen and oxygen atoms in total. The van der Waals surface area contributed by atoms with Gasteiger partial charge in [0.05, 0.1) is 18.8 Å². The van der Waals surface area contributed by atoms with Crippen molar-refractivity contribution in [3.8, 4) is 0 Å². The van der Waals surface area contributed by atoms with Crippen LogP contribution in [0, 0.1) is 0 Å². The number of carbonyl (C=O) groups is 4. The molecule has 1 aromatic rings.